The summed E-state index contributed by atoms with van der Waals surface area (Å²) in [4.78, 5) is 11.8. The zero-order chi connectivity index (χ0) is 11.8. The van der Waals surface area contributed by atoms with Crippen LogP contribution in [0.15, 0.2) is 0 Å². The minimum atomic E-state index is 0.294. The predicted octanol–water partition coefficient (Wildman–Crippen LogP) is 3.59. The number of carbonyl (C=O) groups excluding carboxylic acids is 1. The van der Waals surface area contributed by atoms with Gasteiger partial charge in [0.1, 0.15) is 5.78 Å². The molecule has 0 radical (unpaired) electrons. The molecule has 0 bridgehead atoms. The second kappa shape index (κ2) is 7.83. The summed E-state index contributed by atoms with van der Waals surface area (Å²) in [7, 11) is 0. The van der Waals surface area contributed by atoms with Crippen LogP contribution < -0.4 is 0 Å². The summed E-state index contributed by atoms with van der Waals surface area (Å²) in [6.07, 6.45) is 7.60. The van der Waals surface area contributed by atoms with Crippen LogP contribution in [0.2, 0.25) is 0 Å². The molecule has 2 nitrogen and oxygen atoms in total. The van der Waals surface area contributed by atoms with Crippen molar-refractivity contribution >= 4 is 5.78 Å². The van der Waals surface area contributed by atoms with E-state index in [0.29, 0.717) is 11.7 Å². The number of ether oxygens (including phenoxy) is 1. The number of hydrogen-bond donors (Lipinski definition) is 0. The quantitative estimate of drug-likeness (QED) is 0.620. The highest BCUT2D eigenvalue weighted by molar-refractivity contribution is 5.81. The first-order chi connectivity index (χ1) is 7.77. The molecule has 2 atom stereocenters. The highest BCUT2D eigenvalue weighted by Crippen LogP contribution is 2.31. The van der Waals surface area contributed by atoms with Crippen LogP contribution in [-0.4, -0.2) is 19.0 Å². The average Bonchev–Trinajstić information content (AvgIpc) is 2.29. The first kappa shape index (κ1) is 13.7. The fraction of sp³-hybridized carbons (Fsp3) is 0.929. The van der Waals surface area contributed by atoms with Gasteiger partial charge in [-0.3, -0.25) is 4.79 Å². The second-order valence-corrected chi connectivity index (χ2v) is 4.99. The zero-order valence-corrected chi connectivity index (χ0v) is 10.8. The molecule has 0 amide bonds. The van der Waals surface area contributed by atoms with Gasteiger partial charge in [0.15, 0.2) is 0 Å². The van der Waals surface area contributed by atoms with Crippen molar-refractivity contribution in [3.8, 4) is 0 Å². The Morgan fingerprint density at radius 2 is 2.00 bits per heavy atom. The molecule has 0 spiro atoms. The molecule has 1 aliphatic carbocycles. The Kier molecular flexibility index (Phi) is 6.70. The predicted molar refractivity (Wildman–Crippen MR) is 66.5 cm³/mol. The average molecular weight is 226 g/mol. The smallest absolute Gasteiger partial charge is 0.136 e. The monoisotopic (exact) mass is 226 g/mol. The van der Waals surface area contributed by atoms with Crippen molar-refractivity contribution in [2.45, 2.75) is 58.8 Å². The van der Waals surface area contributed by atoms with Crippen LogP contribution in [-0.2, 0) is 9.53 Å². The van der Waals surface area contributed by atoms with Gasteiger partial charge < -0.3 is 4.74 Å². The second-order valence-electron chi connectivity index (χ2n) is 4.99. The molecule has 16 heavy (non-hydrogen) atoms. The minimum Gasteiger partial charge on any atom is -0.381 e. The fourth-order valence-electron chi connectivity index (χ4n) is 2.62. The number of hydrogen-bond acceptors (Lipinski definition) is 2. The lowest BCUT2D eigenvalue weighted by molar-refractivity contribution is -0.126. The molecule has 1 saturated carbocycles. The molecule has 2 heteroatoms. The van der Waals surface area contributed by atoms with Gasteiger partial charge in [0.2, 0.25) is 0 Å². The SMILES string of the molecule is CCCOCCC1CC(CCC)CCC1=O. The first-order valence-corrected chi connectivity index (χ1v) is 6.88. The lowest BCUT2D eigenvalue weighted by Gasteiger charge is -2.27. The largest absolute Gasteiger partial charge is 0.381 e. The lowest BCUT2D eigenvalue weighted by Crippen LogP contribution is -2.26. The van der Waals surface area contributed by atoms with Gasteiger partial charge in [-0.15, -0.1) is 0 Å². The van der Waals surface area contributed by atoms with Crippen LogP contribution in [0.1, 0.15) is 58.8 Å². The van der Waals surface area contributed by atoms with Crippen LogP contribution >= 0.6 is 0 Å². The van der Waals surface area contributed by atoms with Gasteiger partial charge in [0.25, 0.3) is 0 Å². The summed E-state index contributed by atoms with van der Waals surface area (Å²) in [6, 6.07) is 0. The van der Waals surface area contributed by atoms with Crippen molar-refractivity contribution in [1.82, 2.24) is 0 Å². The molecule has 0 aromatic rings. The van der Waals surface area contributed by atoms with E-state index < -0.39 is 0 Å². The third kappa shape index (κ3) is 4.65. The van der Waals surface area contributed by atoms with Crippen molar-refractivity contribution in [2.24, 2.45) is 11.8 Å². The lowest BCUT2D eigenvalue weighted by atomic mass is 9.77. The molecule has 2 unspecified atom stereocenters. The zero-order valence-electron chi connectivity index (χ0n) is 10.8. The molecule has 0 heterocycles. The third-order valence-electron chi connectivity index (χ3n) is 3.53. The molecule has 0 saturated heterocycles. The van der Waals surface area contributed by atoms with E-state index in [0.717, 1.165) is 51.2 Å². The van der Waals surface area contributed by atoms with Gasteiger partial charge >= 0.3 is 0 Å². The van der Waals surface area contributed by atoms with E-state index >= 15 is 0 Å². The Bertz CT molecular complexity index is 201. The summed E-state index contributed by atoms with van der Waals surface area (Å²) < 4.78 is 5.48. The highest BCUT2D eigenvalue weighted by atomic mass is 16.5. The van der Waals surface area contributed by atoms with Crippen molar-refractivity contribution in [2.75, 3.05) is 13.2 Å². The summed E-state index contributed by atoms with van der Waals surface area (Å²) in [6.45, 7) is 5.95. The first-order valence-electron chi connectivity index (χ1n) is 6.88. The Hall–Kier alpha value is -0.370. The van der Waals surface area contributed by atoms with E-state index in [4.69, 9.17) is 4.74 Å². The molecule has 0 aromatic heterocycles. The van der Waals surface area contributed by atoms with Gasteiger partial charge in [-0.2, -0.15) is 0 Å². The Morgan fingerprint density at radius 1 is 1.19 bits per heavy atom. The van der Waals surface area contributed by atoms with E-state index in [1.165, 1.54) is 12.8 Å². The van der Waals surface area contributed by atoms with Gasteiger partial charge in [-0.1, -0.05) is 26.7 Å². The normalized spacial score (nSPS) is 26.0. The van der Waals surface area contributed by atoms with Gasteiger partial charge in [0, 0.05) is 25.6 Å². The van der Waals surface area contributed by atoms with Crippen molar-refractivity contribution in [1.29, 1.82) is 0 Å². The number of carbonyl (C=O) groups is 1. The van der Waals surface area contributed by atoms with Crippen molar-refractivity contribution in [3.05, 3.63) is 0 Å². The summed E-state index contributed by atoms with van der Waals surface area (Å²) in [5.41, 5.74) is 0. The molecule has 0 N–H and O–H groups in total. The molecule has 1 fully saturated rings. The molecule has 1 rings (SSSR count). The molecule has 0 aromatic carbocycles. The van der Waals surface area contributed by atoms with E-state index in [2.05, 4.69) is 13.8 Å². The van der Waals surface area contributed by atoms with Crippen molar-refractivity contribution in [3.63, 3.8) is 0 Å². The maximum Gasteiger partial charge on any atom is 0.136 e. The van der Waals surface area contributed by atoms with Crippen LogP contribution in [0.3, 0.4) is 0 Å². The van der Waals surface area contributed by atoms with Crippen LogP contribution in [0.25, 0.3) is 0 Å². The van der Waals surface area contributed by atoms with Gasteiger partial charge in [-0.05, 0) is 31.6 Å². The van der Waals surface area contributed by atoms with Gasteiger partial charge in [0.05, 0.1) is 0 Å². The van der Waals surface area contributed by atoms with E-state index in [-0.39, 0.29) is 0 Å². The Balaban J connectivity index is 2.23. The van der Waals surface area contributed by atoms with E-state index in [1.807, 2.05) is 0 Å². The van der Waals surface area contributed by atoms with Crippen LogP contribution in [0.4, 0.5) is 0 Å². The maximum absolute atomic E-state index is 11.8. The highest BCUT2D eigenvalue weighted by Gasteiger charge is 2.27. The molecular formula is C14H26O2. The minimum absolute atomic E-state index is 0.294. The number of ketones is 1. The fourth-order valence-corrected chi connectivity index (χ4v) is 2.62. The standard InChI is InChI=1S/C14H26O2/c1-3-5-12-6-7-14(15)13(11-12)8-10-16-9-4-2/h12-13H,3-11H2,1-2H3. The summed E-state index contributed by atoms with van der Waals surface area (Å²) in [5, 5.41) is 0. The third-order valence-corrected chi connectivity index (χ3v) is 3.53. The van der Waals surface area contributed by atoms with E-state index in [9.17, 15) is 4.79 Å². The topological polar surface area (TPSA) is 26.3 Å². The van der Waals surface area contributed by atoms with Gasteiger partial charge in [-0.25, -0.2) is 0 Å². The Labute approximate surface area is 99.8 Å². The number of rotatable bonds is 7. The maximum atomic E-state index is 11.8. The van der Waals surface area contributed by atoms with Crippen molar-refractivity contribution < 1.29 is 9.53 Å². The molecule has 0 aliphatic heterocycles. The number of Topliss-reactive ketones (excluding diaryl/α,β-unsaturated/α-hetero) is 1. The van der Waals surface area contributed by atoms with Crippen LogP contribution in [0.5, 0.6) is 0 Å². The van der Waals surface area contributed by atoms with Crippen LogP contribution in [0, 0.1) is 11.8 Å². The summed E-state index contributed by atoms with van der Waals surface area (Å²) >= 11 is 0. The Morgan fingerprint density at radius 3 is 2.69 bits per heavy atom. The van der Waals surface area contributed by atoms with E-state index in [1.54, 1.807) is 0 Å². The molecule has 94 valence electrons. The molecular weight excluding hydrogens is 200 g/mol. The molecule has 1 aliphatic rings. The summed E-state index contributed by atoms with van der Waals surface area (Å²) in [5.74, 6) is 1.56.